The van der Waals surface area contributed by atoms with Gasteiger partial charge in [-0.2, -0.15) is 13.2 Å². The third-order valence-corrected chi connectivity index (χ3v) is 4.96. The summed E-state index contributed by atoms with van der Waals surface area (Å²) >= 11 is 0. The van der Waals surface area contributed by atoms with Gasteiger partial charge < -0.3 is 14.5 Å². The highest BCUT2D eigenvalue weighted by Gasteiger charge is 2.44. The number of halogens is 3. The predicted molar refractivity (Wildman–Crippen MR) is 103 cm³/mol. The molecule has 1 aliphatic heterocycles. The molecule has 1 aromatic carbocycles. The fourth-order valence-electron chi connectivity index (χ4n) is 3.63. The van der Waals surface area contributed by atoms with Gasteiger partial charge in [-0.25, -0.2) is 4.79 Å². The molecule has 29 heavy (non-hydrogen) atoms. The molecule has 1 aliphatic rings. The van der Waals surface area contributed by atoms with E-state index in [4.69, 9.17) is 4.74 Å². The van der Waals surface area contributed by atoms with E-state index in [2.05, 4.69) is 0 Å². The maximum atomic E-state index is 12.7. The van der Waals surface area contributed by atoms with E-state index >= 15 is 0 Å². The topological polar surface area (TPSA) is 49.9 Å². The zero-order chi connectivity index (χ0) is 21.7. The third-order valence-electron chi connectivity index (χ3n) is 4.96. The average Bonchev–Trinajstić information content (AvgIpc) is 2.64. The molecule has 0 unspecified atom stereocenters. The highest BCUT2D eigenvalue weighted by molar-refractivity contribution is 5.82. The van der Waals surface area contributed by atoms with Gasteiger partial charge in [-0.05, 0) is 52.0 Å². The van der Waals surface area contributed by atoms with Crippen LogP contribution < -0.4 is 0 Å². The van der Waals surface area contributed by atoms with Crippen LogP contribution in [0.3, 0.4) is 0 Å². The van der Waals surface area contributed by atoms with Gasteiger partial charge in [0.15, 0.2) is 0 Å². The molecule has 0 aliphatic carbocycles. The smallest absolute Gasteiger partial charge is 0.449 e. The Balaban J connectivity index is 1.89. The number of carbonyl (C=O) groups is 2. The minimum absolute atomic E-state index is 0.0309. The molecule has 0 radical (unpaired) electrons. The normalized spacial score (nSPS) is 15.9. The largest absolute Gasteiger partial charge is 0.471 e. The lowest BCUT2D eigenvalue weighted by Gasteiger charge is -2.44. The summed E-state index contributed by atoms with van der Waals surface area (Å²) in [5, 5.41) is 0. The molecule has 162 valence electrons. The van der Waals surface area contributed by atoms with Gasteiger partial charge in [0, 0.05) is 24.7 Å². The maximum absolute atomic E-state index is 12.7. The summed E-state index contributed by atoms with van der Waals surface area (Å²) in [4.78, 5) is 26.5. The molecular weight excluding hydrogens is 385 g/mol. The van der Waals surface area contributed by atoms with Crippen molar-refractivity contribution in [1.82, 2.24) is 9.80 Å². The minimum Gasteiger partial charge on any atom is -0.449 e. The van der Waals surface area contributed by atoms with Gasteiger partial charge in [0.1, 0.15) is 0 Å². The van der Waals surface area contributed by atoms with Crippen molar-refractivity contribution in [1.29, 1.82) is 0 Å². The van der Waals surface area contributed by atoms with Gasteiger partial charge in [0.25, 0.3) is 0 Å². The van der Waals surface area contributed by atoms with E-state index in [0.29, 0.717) is 6.42 Å². The monoisotopic (exact) mass is 414 g/mol. The van der Waals surface area contributed by atoms with Crippen LogP contribution in [0.1, 0.15) is 45.6 Å². The zero-order valence-electron chi connectivity index (χ0n) is 17.2. The van der Waals surface area contributed by atoms with Crippen LogP contribution in [0.5, 0.6) is 0 Å². The molecule has 1 fully saturated rings. The van der Waals surface area contributed by atoms with Crippen LogP contribution in [0, 0.1) is 0 Å². The van der Waals surface area contributed by atoms with E-state index in [1.165, 1.54) is 0 Å². The first-order valence-corrected chi connectivity index (χ1v) is 9.86. The lowest BCUT2D eigenvalue weighted by molar-refractivity contribution is -0.186. The number of benzene rings is 1. The van der Waals surface area contributed by atoms with E-state index in [1.807, 2.05) is 51.1 Å². The van der Waals surface area contributed by atoms with Crippen LogP contribution in [0.15, 0.2) is 30.3 Å². The molecule has 0 bridgehead atoms. The number of hydrogen-bond acceptors (Lipinski definition) is 3. The molecule has 5 nitrogen and oxygen atoms in total. The van der Waals surface area contributed by atoms with E-state index in [-0.39, 0.29) is 38.6 Å². The predicted octanol–water partition coefficient (Wildman–Crippen LogP) is 4.41. The molecule has 1 saturated heterocycles. The van der Waals surface area contributed by atoms with Crippen molar-refractivity contribution in [2.24, 2.45) is 0 Å². The summed E-state index contributed by atoms with van der Waals surface area (Å²) in [5.74, 6) is -1.82. The van der Waals surface area contributed by atoms with Crippen molar-refractivity contribution in [2.75, 3.05) is 19.7 Å². The number of alkyl halides is 3. The van der Waals surface area contributed by atoms with Gasteiger partial charge in [-0.1, -0.05) is 30.3 Å². The molecule has 2 amide bonds. The third kappa shape index (κ3) is 6.65. The van der Waals surface area contributed by atoms with Crippen molar-refractivity contribution in [3.05, 3.63) is 35.9 Å². The van der Waals surface area contributed by atoms with Crippen molar-refractivity contribution in [3.63, 3.8) is 0 Å². The molecule has 0 aromatic heterocycles. The number of hydrogen-bond donors (Lipinski definition) is 0. The summed E-state index contributed by atoms with van der Waals surface area (Å²) < 4.78 is 43.3. The second-order valence-corrected chi connectivity index (χ2v) is 8.27. The summed E-state index contributed by atoms with van der Waals surface area (Å²) in [6.07, 6.45) is -3.27. The van der Waals surface area contributed by atoms with E-state index < -0.39 is 23.7 Å². The van der Waals surface area contributed by atoms with E-state index in [9.17, 15) is 22.8 Å². The maximum Gasteiger partial charge on any atom is 0.471 e. The van der Waals surface area contributed by atoms with Crippen LogP contribution in [-0.4, -0.2) is 59.3 Å². The number of amides is 2. The fourth-order valence-corrected chi connectivity index (χ4v) is 3.63. The summed E-state index contributed by atoms with van der Waals surface area (Å²) in [6, 6.07) is 9.61. The molecule has 0 atom stereocenters. The van der Waals surface area contributed by atoms with Crippen molar-refractivity contribution in [3.8, 4) is 0 Å². The molecule has 2 rings (SSSR count). The average molecular weight is 414 g/mol. The molecule has 1 aromatic rings. The van der Waals surface area contributed by atoms with E-state index in [0.717, 1.165) is 16.9 Å². The minimum atomic E-state index is -4.87. The number of aryl methyl sites for hydroxylation is 1. The highest BCUT2D eigenvalue weighted by Crippen LogP contribution is 2.28. The second kappa shape index (κ2) is 9.50. The molecule has 8 heteroatoms. The summed E-state index contributed by atoms with van der Waals surface area (Å²) in [5.41, 5.74) is 0.620. The molecule has 1 heterocycles. The summed E-state index contributed by atoms with van der Waals surface area (Å²) in [7, 11) is 0. The first kappa shape index (κ1) is 23.0. The molecule has 0 saturated carbocycles. The first-order chi connectivity index (χ1) is 13.5. The molecule has 0 N–H and O–H groups in total. The van der Waals surface area contributed by atoms with Crippen molar-refractivity contribution >= 4 is 12.0 Å². The molecule has 0 spiro atoms. The second-order valence-electron chi connectivity index (χ2n) is 8.27. The molecular formula is C21H29F3N2O3. The van der Waals surface area contributed by atoms with E-state index in [1.54, 1.807) is 4.90 Å². The lowest BCUT2D eigenvalue weighted by atomic mass is 9.97. The van der Waals surface area contributed by atoms with Gasteiger partial charge in [0.2, 0.25) is 0 Å². The highest BCUT2D eigenvalue weighted by atomic mass is 19.4. The number of nitrogens with zero attached hydrogens (tertiary/aromatic N) is 2. The van der Waals surface area contributed by atoms with Gasteiger partial charge in [-0.15, -0.1) is 0 Å². The standard InChI is InChI=1S/C21H29F3N2O3/c1-20(2,3)26(17-11-13-25(14-12-17)18(27)21(22,23)24)19(28)29-15-7-10-16-8-5-4-6-9-16/h4-6,8-9,17H,7,10-15H2,1-3H3. The zero-order valence-corrected chi connectivity index (χ0v) is 17.2. The Bertz CT molecular complexity index is 679. The van der Waals surface area contributed by atoms with Crippen LogP contribution >= 0.6 is 0 Å². The summed E-state index contributed by atoms with van der Waals surface area (Å²) in [6.45, 7) is 5.81. The van der Waals surface area contributed by atoms with Crippen molar-refractivity contribution in [2.45, 2.75) is 64.2 Å². The number of rotatable bonds is 5. The van der Waals surface area contributed by atoms with Crippen LogP contribution in [0.2, 0.25) is 0 Å². The van der Waals surface area contributed by atoms with Crippen LogP contribution in [0.4, 0.5) is 18.0 Å². The number of ether oxygens (including phenoxy) is 1. The Kier molecular flexibility index (Phi) is 7.54. The Hall–Kier alpha value is -2.25. The van der Waals surface area contributed by atoms with Crippen molar-refractivity contribution < 1.29 is 27.5 Å². The van der Waals surface area contributed by atoms with Gasteiger partial charge >= 0.3 is 18.2 Å². The Labute approximate surface area is 169 Å². The first-order valence-electron chi connectivity index (χ1n) is 9.86. The number of carbonyl (C=O) groups excluding carboxylic acids is 2. The van der Waals surface area contributed by atoms with Crippen LogP contribution in [0.25, 0.3) is 0 Å². The quantitative estimate of drug-likeness (QED) is 0.671. The van der Waals surface area contributed by atoms with Gasteiger partial charge in [-0.3, -0.25) is 4.79 Å². The number of piperidine rings is 1. The Morgan fingerprint density at radius 1 is 1.10 bits per heavy atom. The van der Waals surface area contributed by atoms with Gasteiger partial charge in [0.05, 0.1) is 6.61 Å². The fraction of sp³-hybridized carbons (Fsp3) is 0.619. The lowest BCUT2D eigenvalue weighted by Crippen LogP contribution is -2.56. The Morgan fingerprint density at radius 2 is 1.69 bits per heavy atom. The SMILES string of the molecule is CC(C)(C)N(C(=O)OCCCc1ccccc1)C1CCN(C(=O)C(F)(F)F)CC1. The number of likely N-dealkylation sites (tertiary alicyclic amines) is 1. The van der Waals surface area contributed by atoms with Crippen LogP contribution in [-0.2, 0) is 16.0 Å². The Morgan fingerprint density at radius 3 is 2.21 bits per heavy atom.